The Bertz CT molecular complexity index is 474. The van der Waals surface area contributed by atoms with Crippen molar-refractivity contribution in [2.24, 2.45) is 11.7 Å². The Labute approximate surface area is 122 Å². The van der Waals surface area contributed by atoms with E-state index in [9.17, 15) is 4.79 Å². The summed E-state index contributed by atoms with van der Waals surface area (Å²) in [5.41, 5.74) is 5.61. The zero-order chi connectivity index (χ0) is 13.8. The zero-order valence-corrected chi connectivity index (χ0v) is 11.8. The van der Waals surface area contributed by atoms with Crippen LogP contribution in [0.5, 0.6) is 5.75 Å². The first-order valence-corrected chi connectivity index (χ1v) is 6.82. The number of hydrogen-bond donors (Lipinski definition) is 2. The molecule has 0 aliphatic heterocycles. The lowest BCUT2D eigenvalue weighted by molar-refractivity contribution is -0.123. The van der Waals surface area contributed by atoms with Crippen molar-refractivity contribution in [3.8, 4) is 5.75 Å². The van der Waals surface area contributed by atoms with Gasteiger partial charge in [0.1, 0.15) is 5.75 Å². The molecule has 1 saturated carbocycles. The maximum atomic E-state index is 11.8. The standard InChI is InChI=1S/C13H15ClN2O2S/c14-9-3-5-10(6-4-9)18-7-11(17)16-12(13(15)19)8-1-2-8/h3-6,8,12H,1-2,7H2,(H2,15,19)(H,16,17). The minimum absolute atomic E-state index is 0.0620. The first kappa shape index (κ1) is 14.1. The van der Waals surface area contributed by atoms with Gasteiger partial charge in [-0.3, -0.25) is 4.79 Å². The van der Waals surface area contributed by atoms with Crippen LogP contribution in [0.15, 0.2) is 24.3 Å². The lowest BCUT2D eigenvalue weighted by Crippen LogP contribution is -2.46. The lowest BCUT2D eigenvalue weighted by Gasteiger charge is -2.16. The van der Waals surface area contributed by atoms with Gasteiger partial charge in [0.25, 0.3) is 5.91 Å². The topological polar surface area (TPSA) is 64.3 Å². The minimum Gasteiger partial charge on any atom is -0.484 e. The smallest absolute Gasteiger partial charge is 0.258 e. The average molecular weight is 299 g/mol. The van der Waals surface area contributed by atoms with Crippen LogP contribution in [0.25, 0.3) is 0 Å². The van der Waals surface area contributed by atoms with Crippen molar-refractivity contribution in [3.63, 3.8) is 0 Å². The molecule has 102 valence electrons. The highest BCUT2D eigenvalue weighted by atomic mass is 35.5. The summed E-state index contributed by atoms with van der Waals surface area (Å²) < 4.78 is 5.35. The van der Waals surface area contributed by atoms with Gasteiger partial charge < -0.3 is 15.8 Å². The van der Waals surface area contributed by atoms with Crippen molar-refractivity contribution in [1.82, 2.24) is 5.32 Å². The van der Waals surface area contributed by atoms with Crippen molar-refractivity contribution in [2.45, 2.75) is 18.9 Å². The molecule has 0 saturated heterocycles. The van der Waals surface area contributed by atoms with E-state index in [0.29, 0.717) is 21.7 Å². The third-order valence-corrected chi connectivity index (χ3v) is 3.41. The van der Waals surface area contributed by atoms with Crippen LogP contribution in [-0.4, -0.2) is 23.5 Å². The first-order chi connectivity index (χ1) is 9.06. The van der Waals surface area contributed by atoms with Gasteiger partial charge in [0.2, 0.25) is 0 Å². The summed E-state index contributed by atoms with van der Waals surface area (Å²) in [6.07, 6.45) is 2.11. The van der Waals surface area contributed by atoms with E-state index in [2.05, 4.69) is 5.32 Å². The summed E-state index contributed by atoms with van der Waals surface area (Å²) in [6.45, 7) is -0.0620. The number of halogens is 1. The molecule has 1 amide bonds. The van der Waals surface area contributed by atoms with Crippen molar-refractivity contribution in [2.75, 3.05) is 6.61 Å². The number of amides is 1. The maximum Gasteiger partial charge on any atom is 0.258 e. The second-order valence-electron chi connectivity index (χ2n) is 4.53. The molecule has 1 fully saturated rings. The largest absolute Gasteiger partial charge is 0.484 e. The minimum atomic E-state index is -0.223. The van der Waals surface area contributed by atoms with Gasteiger partial charge in [-0.15, -0.1) is 0 Å². The molecule has 3 N–H and O–H groups in total. The number of hydrogen-bond acceptors (Lipinski definition) is 3. The molecule has 6 heteroatoms. The number of nitrogens with two attached hydrogens (primary N) is 1. The summed E-state index contributed by atoms with van der Waals surface area (Å²) in [5, 5.41) is 3.43. The van der Waals surface area contributed by atoms with E-state index in [-0.39, 0.29) is 18.6 Å². The zero-order valence-electron chi connectivity index (χ0n) is 10.3. The Balaban J connectivity index is 1.80. The molecular formula is C13H15ClN2O2S. The molecule has 1 atom stereocenters. The normalized spacial score (nSPS) is 15.6. The van der Waals surface area contributed by atoms with E-state index in [1.54, 1.807) is 24.3 Å². The molecule has 0 radical (unpaired) electrons. The number of rotatable bonds is 6. The van der Waals surface area contributed by atoms with Crippen LogP contribution in [0, 0.1) is 5.92 Å². The van der Waals surface area contributed by atoms with Gasteiger partial charge in [-0.05, 0) is 43.0 Å². The fraction of sp³-hybridized carbons (Fsp3) is 0.385. The van der Waals surface area contributed by atoms with Crippen molar-refractivity contribution in [1.29, 1.82) is 0 Å². The SMILES string of the molecule is NC(=S)C(NC(=O)COc1ccc(Cl)cc1)C1CC1. The molecule has 0 spiro atoms. The monoisotopic (exact) mass is 298 g/mol. The van der Waals surface area contributed by atoms with Gasteiger partial charge in [0.05, 0.1) is 11.0 Å². The van der Waals surface area contributed by atoms with Crippen LogP contribution < -0.4 is 15.8 Å². The number of ether oxygens (including phenoxy) is 1. The molecule has 4 nitrogen and oxygen atoms in total. The number of thiocarbonyl (C=S) groups is 1. The summed E-state index contributed by atoms with van der Waals surface area (Å²) in [5.74, 6) is 0.759. The van der Waals surface area contributed by atoms with Crippen LogP contribution in [0.2, 0.25) is 5.02 Å². The van der Waals surface area contributed by atoms with E-state index in [1.807, 2.05) is 0 Å². The van der Waals surface area contributed by atoms with Crippen LogP contribution in [-0.2, 0) is 4.79 Å². The molecule has 1 unspecified atom stereocenters. The summed E-state index contributed by atoms with van der Waals surface area (Å²) in [6, 6.07) is 6.62. The van der Waals surface area contributed by atoms with E-state index in [1.165, 1.54) is 0 Å². The van der Waals surface area contributed by atoms with Crippen LogP contribution in [0.3, 0.4) is 0 Å². The highest BCUT2D eigenvalue weighted by Crippen LogP contribution is 2.32. The maximum absolute atomic E-state index is 11.8. The van der Waals surface area contributed by atoms with Gasteiger partial charge in [-0.25, -0.2) is 0 Å². The quantitative estimate of drug-likeness (QED) is 0.787. The predicted octanol–water partition coefficient (Wildman–Crippen LogP) is 1.90. The molecule has 1 aliphatic carbocycles. The Kier molecular flexibility index (Phi) is 4.61. The van der Waals surface area contributed by atoms with Crippen LogP contribution >= 0.6 is 23.8 Å². The molecule has 1 aliphatic rings. The number of nitrogens with one attached hydrogen (secondary N) is 1. The van der Waals surface area contributed by atoms with E-state index >= 15 is 0 Å². The number of carbonyl (C=O) groups is 1. The molecular weight excluding hydrogens is 284 g/mol. The average Bonchev–Trinajstić information content (AvgIpc) is 3.19. The Morgan fingerprint density at radius 2 is 2.11 bits per heavy atom. The molecule has 0 heterocycles. The molecule has 19 heavy (non-hydrogen) atoms. The Morgan fingerprint density at radius 3 is 2.63 bits per heavy atom. The van der Waals surface area contributed by atoms with Gasteiger partial charge >= 0.3 is 0 Å². The second kappa shape index (κ2) is 6.21. The van der Waals surface area contributed by atoms with Gasteiger partial charge in [-0.2, -0.15) is 0 Å². The highest BCUT2D eigenvalue weighted by Gasteiger charge is 2.34. The summed E-state index contributed by atoms with van der Waals surface area (Å²) >= 11 is 10.7. The highest BCUT2D eigenvalue weighted by molar-refractivity contribution is 7.80. The number of benzene rings is 1. The van der Waals surface area contributed by atoms with Crippen molar-refractivity contribution < 1.29 is 9.53 Å². The molecule has 1 aromatic rings. The van der Waals surface area contributed by atoms with E-state index in [0.717, 1.165) is 12.8 Å². The number of carbonyl (C=O) groups excluding carboxylic acids is 1. The lowest BCUT2D eigenvalue weighted by atomic mass is 10.2. The van der Waals surface area contributed by atoms with Crippen molar-refractivity contribution in [3.05, 3.63) is 29.3 Å². The predicted molar refractivity (Wildman–Crippen MR) is 78.4 cm³/mol. The second-order valence-corrected chi connectivity index (χ2v) is 5.44. The van der Waals surface area contributed by atoms with Crippen LogP contribution in [0.4, 0.5) is 0 Å². The Morgan fingerprint density at radius 1 is 1.47 bits per heavy atom. The molecule has 0 bridgehead atoms. The molecule has 0 aromatic heterocycles. The van der Waals surface area contributed by atoms with Gasteiger partial charge in [0, 0.05) is 5.02 Å². The molecule has 1 aromatic carbocycles. The third kappa shape index (κ3) is 4.36. The van der Waals surface area contributed by atoms with E-state index < -0.39 is 0 Å². The summed E-state index contributed by atoms with van der Waals surface area (Å²) in [4.78, 5) is 12.1. The van der Waals surface area contributed by atoms with Crippen LogP contribution in [0.1, 0.15) is 12.8 Å². The van der Waals surface area contributed by atoms with Gasteiger partial charge in [-0.1, -0.05) is 23.8 Å². The summed E-state index contributed by atoms with van der Waals surface area (Å²) in [7, 11) is 0. The van der Waals surface area contributed by atoms with Gasteiger partial charge in [0.15, 0.2) is 6.61 Å². The molecule has 2 rings (SSSR count). The van der Waals surface area contributed by atoms with E-state index in [4.69, 9.17) is 34.3 Å². The third-order valence-electron chi connectivity index (χ3n) is 2.90. The fourth-order valence-electron chi connectivity index (χ4n) is 1.75. The Hall–Kier alpha value is -1.33. The van der Waals surface area contributed by atoms with Crippen molar-refractivity contribution >= 4 is 34.7 Å². The first-order valence-electron chi connectivity index (χ1n) is 6.03. The fourth-order valence-corrected chi connectivity index (χ4v) is 2.12.